The molecule has 1 unspecified atom stereocenters. The molecule has 284 valence electrons. The number of aryl methyl sites for hydroxylation is 1. The lowest BCUT2D eigenvalue weighted by Gasteiger charge is -2.46. The van der Waals surface area contributed by atoms with Crippen LogP contribution in [0.3, 0.4) is 0 Å². The molecule has 8 rings (SSSR count). The molecule has 0 aromatic heterocycles. The molecule has 10 nitrogen and oxygen atoms in total. The number of ether oxygens (including phenoxy) is 2. The molecule has 52 heavy (non-hydrogen) atoms. The maximum Gasteiger partial charge on any atom is 0.264 e. The summed E-state index contributed by atoms with van der Waals surface area (Å²) < 4.78 is 40.6. The van der Waals surface area contributed by atoms with Gasteiger partial charge in [0, 0.05) is 67.2 Å². The Morgan fingerprint density at radius 2 is 1.90 bits per heavy atom. The van der Waals surface area contributed by atoms with Crippen molar-refractivity contribution >= 4 is 39.5 Å². The maximum atomic E-state index is 13.3. The molecule has 1 saturated carbocycles. The monoisotopic (exact) mass is 754 g/mol. The summed E-state index contributed by atoms with van der Waals surface area (Å²) in [5.41, 5.74) is 3.37. The topological polar surface area (TPSA) is 117 Å². The van der Waals surface area contributed by atoms with Crippen LogP contribution in [-0.4, -0.2) is 95.9 Å². The van der Waals surface area contributed by atoms with E-state index in [0.717, 1.165) is 101 Å². The van der Waals surface area contributed by atoms with E-state index in [1.54, 1.807) is 25.1 Å². The minimum atomic E-state index is -3.89. The van der Waals surface area contributed by atoms with Gasteiger partial charge in [0.15, 0.2) is 0 Å². The number of halogens is 1. The summed E-state index contributed by atoms with van der Waals surface area (Å²) in [6.45, 7) is 12.0. The van der Waals surface area contributed by atoms with E-state index < -0.39 is 21.2 Å². The summed E-state index contributed by atoms with van der Waals surface area (Å²) in [7, 11) is -3.89. The van der Waals surface area contributed by atoms with Crippen molar-refractivity contribution in [3.8, 4) is 5.75 Å². The van der Waals surface area contributed by atoms with Crippen molar-refractivity contribution in [2.24, 2.45) is 23.7 Å². The van der Waals surface area contributed by atoms with Crippen molar-refractivity contribution in [2.45, 2.75) is 81.9 Å². The molecule has 1 spiro atoms. The van der Waals surface area contributed by atoms with Gasteiger partial charge in [-0.3, -0.25) is 9.69 Å². The summed E-state index contributed by atoms with van der Waals surface area (Å²) >= 11 is 6.39. The van der Waals surface area contributed by atoms with E-state index in [2.05, 4.69) is 32.0 Å². The molecular weight excluding hydrogens is 700 g/mol. The molecule has 6 aliphatic rings. The van der Waals surface area contributed by atoms with E-state index in [1.807, 2.05) is 13.0 Å². The Kier molecular flexibility index (Phi) is 11.5. The Hall–Kier alpha value is -2.70. The molecule has 4 heterocycles. The molecule has 2 N–H and O–H groups in total. The molecule has 1 amide bonds. The van der Waals surface area contributed by atoms with Gasteiger partial charge in [0.25, 0.3) is 5.91 Å². The quantitative estimate of drug-likeness (QED) is 0.379. The lowest BCUT2D eigenvalue weighted by atomic mass is 9.65. The molecule has 2 bridgehead atoms. The minimum Gasteiger partial charge on any atom is -0.490 e. The summed E-state index contributed by atoms with van der Waals surface area (Å²) in [6, 6.07) is 12.1. The maximum absolute atomic E-state index is 13.3. The number of amides is 1. The molecule has 2 aromatic rings. The molecule has 3 fully saturated rings. The van der Waals surface area contributed by atoms with Crippen LogP contribution in [0.25, 0.3) is 0 Å². The van der Waals surface area contributed by atoms with Gasteiger partial charge < -0.3 is 24.5 Å². The highest BCUT2D eigenvalue weighted by atomic mass is 35.5. The first-order chi connectivity index (χ1) is 25.1. The average Bonchev–Trinajstić information content (AvgIpc) is 3.28. The first-order valence-electron chi connectivity index (χ1n) is 19.4. The fraction of sp³-hybridized carbons (Fsp3) is 0.650. The Morgan fingerprint density at radius 3 is 2.69 bits per heavy atom. The number of aldehydes is 1. The number of piperazine rings is 1. The lowest BCUT2D eigenvalue weighted by molar-refractivity contribution is -0.115. The highest BCUT2D eigenvalue weighted by Crippen LogP contribution is 2.47. The zero-order chi connectivity index (χ0) is 36.5. The molecule has 0 radical (unpaired) electrons. The highest BCUT2D eigenvalue weighted by Gasteiger charge is 2.44. The van der Waals surface area contributed by atoms with Gasteiger partial charge in [-0.05, 0) is 111 Å². The Bertz CT molecular complexity index is 1700. The van der Waals surface area contributed by atoms with Crippen LogP contribution in [0.1, 0.15) is 80.3 Å². The fourth-order valence-corrected chi connectivity index (χ4v) is 11.0. The van der Waals surface area contributed by atoms with Crippen molar-refractivity contribution in [3.05, 3.63) is 58.1 Å². The summed E-state index contributed by atoms with van der Waals surface area (Å²) in [5.74, 6) is 0.559. The van der Waals surface area contributed by atoms with Crippen molar-refractivity contribution in [1.82, 2.24) is 14.9 Å². The predicted molar refractivity (Wildman–Crippen MR) is 204 cm³/mol. The number of sulfonamides is 1. The third-order valence-electron chi connectivity index (χ3n) is 13.0. The first-order valence-corrected chi connectivity index (χ1v) is 21.3. The van der Waals surface area contributed by atoms with Crippen LogP contribution in [0, 0.1) is 23.7 Å². The van der Waals surface area contributed by atoms with Crippen LogP contribution >= 0.6 is 11.6 Å². The number of nitrogens with zero attached hydrogens (tertiary/aromatic N) is 2. The Labute approximate surface area is 314 Å². The number of hydrogen-bond acceptors (Lipinski definition) is 9. The van der Waals surface area contributed by atoms with Crippen LogP contribution in [0.4, 0.5) is 5.69 Å². The van der Waals surface area contributed by atoms with E-state index in [1.165, 1.54) is 17.7 Å². The third-order valence-corrected chi connectivity index (χ3v) is 15.1. The van der Waals surface area contributed by atoms with Crippen molar-refractivity contribution in [1.29, 1.82) is 0 Å². The van der Waals surface area contributed by atoms with Gasteiger partial charge in [-0.1, -0.05) is 31.0 Å². The standard InChI is InChI=1S/C33H41ClN2O5S.C7H14N2O/c1-21-5-3-6-26(18-37)28-11-8-25(28)17-36-19-33(14-4-7-23-15-27(34)10-12-29(23)33)20-41-31-13-9-24(16-30(31)36)32(38)35-42(39,40)22(21)2;1-2-9-3-4-10-6-7(9)5-8-1/h9-10,12-13,15-16,18,21-22,25-26,28H,3-8,11,14,17,19-20H2,1-2H3,(H,35,38);7-8H,1-6H2/t21-,22+,25-,26?,28+,33-;7-/m00/s1. The van der Waals surface area contributed by atoms with Gasteiger partial charge in [-0.25, -0.2) is 13.1 Å². The number of carbonyl (C=O) groups excluding carboxylic acids is 2. The zero-order valence-corrected chi connectivity index (χ0v) is 32.2. The highest BCUT2D eigenvalue weighted by molar-refractivity contribution is 7.90. The minimum absolute atomic E-state index is 0.0315. The van der Waals surface area contributed by atoms with Crippen molar-refractivity contribution in [2.75, 3.05) is 64.0 Å². The van der Waals surface area contributed by atoms with Gasteiger partial charge >= 0.3 is 0 Å². The molecule has 12 heteroatoms. The summed E-state index contributed by atoms with van der Waals surface area (Å²) in [5, 5.41) is 3.36. The SMILES string of the molecule is C1CN2CCOC[C@@H]2CN1.C[C@@H]1[C@@H](C)CCCC(C=O)[C@@H]2CC[C@H]2CN2C[C@@]3(CCCc4cc(Cl)ccc43)COc3ccc(cc32)C(=O)NS1(=O)=O. The average molecular weight is 755 g/mol. The lowest BCUT2D eigenvalue weighted by Crippen LogP contribution is -2.56. The van der Waals surface area contributed by atoms with E-state index >= 15 is 0 Å². The number of anilines is 1. The van der Waals surface area contributed by atoms with Gasteiger partial charge in [-0.15, -0.1) is 0 Å². The normalized spacial score (nSPS) is 33.3. The Balaban J connectivity index is 0.000000360. The zero-order valence-electron chi connectivity index (χ0n) is 30.7. The van der Waals surface area contributed by atoms with Crippen LogP contribution in [-0.2, 0) is 31.4 Å². The van der Waals surface area contributed by atoms with Gasteiger partial charge in [0.1, 0.15) is 12.0 Å². The number of rotatable bonds is 1. The molecule has 2 aromatic carbocycles. The predicted octanol–water partition coefficient (Wildman–Crippen LogP) is 5.21. The van der Waals surface area contributed by atoms with E-state index in [4.69, 9.17) is 21.1 Å². The van der Waals surface area contributed by atoms with Crippen LogP contribution in [0.15, 0.2) is 36.4 Å². The molecule has 2 aliphatic carbocycles. The molecule has 7 atom stereocenters. The second-order valence-corrected chi connectivity index (χ2v) is 18.6. The fourth-order valence-electron chi connectivity index (χ4n) is 9.47. The largest absolute Gasteiger partial charge is 0.490 e. The Morgan fingerprint density at radius 1 is 1.04 bits per heavy atom. The van der Waals surface area contributed by atoms with E-state index in [9.17, 15) is 18.0 Å². The van der Waals surface area contributed by atoms with E-state index in [-0.39, 0.29) is 17.3 Å². The first kappa shape index (κ1) is 37.6. The second kappa shape index (κ2) is 16.0. The smallest absolute Gasteiger partial charge is 0.264 e. The number of benzene rings is 2. The van der Waals surface area contributed by atoms with Crippen LogP contribution in [0.5, 0.6) is 5.75 Å². The van der Waals surface area contributed by atoms with Gasteiger partial charge in [0.2, 0.25) is 10.0 Å². The number of fused-ring (bicyclic) bond motifs is 5. The van der Waals surface area contributed by atoms with Crippen LogP contribution < -0.4 is 19.7 Å². The van der Waals surface area contributed by atoms with Gasteiger partial charge in [-0.2, -0.15) is 0 Å². The number of morpholine rings is 1. The number of hydrogen-bond donors (Lipinski definition) is 2. The molecule has 2 saturated heterocycles. The van der Waals surface area contributed by atoms with Gasteiger partial charge in [0.05, 0.1) is 30.8 Å². The summed E-state index contributed by atoms with van der Waals surface area (Å²) in [6.07, 6.45) is 8.43. The third kappa shape index (κ3) is 7.90. The van der Waals surface area contributed by atoms with E-state index in [0.29, 0.717) is 48.8 Å². The number of nitrogens with one attached hydrogen (secondary N) is 2. The number of carbonyl (C=O) groups is 2. The van der Waals surface area contributed by atoms with Crippen molar-refractivity contribution in [3.63, 3.8) is 0 Å². The second-order valence-electron chi connectivity index (χ2n) is 16.1. The molecule has 4 aliphatic heterocycles. The summed E-state index contributed by atoms with van der Waals surface area (Å²) in [4.78, 5) is 30.5. The van der Waals surface area contributed by atoms with Crippen molar-refractivity contribution < 1.29 is 27.5 Å². The van der Waals surface area contributed by atoms with Crippen LogP contribution in [0.2, 0.25) is 5.02 Å². The molecular formula is C40H55ClN4O6S.